The lowest BCUT2D eigenvalue weighted by Gasteiger charge is -2.39. The Kier molecular flexibility index (Phi) is 4.96. The lowest BCUT2D eigenvalue weighted by Crippen LogP contribution is -2.56. The second-order valence-corrected chi connectivity index (χ2v) is 10.1. The van der Waals surface area contributed by atoms with E-state index in [0.29, 0.717) is 0 Å². The maximum absolute atomic E-state index is 6.79. The fraction of sp³-hybridized carbons (Fsp3) is 0. The van der Waals surface area contributed by atoms with Crippen LogP contribution in [0.3, 0.4) is 0 Å². The van der Waals surface area contributed by atoms with Crippen LogP contribution in [0.5, 0.6) is 5.75 Å². The summed E-state index contributed by atoms with van der Waals surface area (Å²) < 4.78 is 6.79. The molecule has 0 radical (unpaired) electrons. The normalized spacial score (nSPS) is 12.7. The lowest BCUT2D eigenvalue weighted by molar-refractivity contribution is 0.590. The molecule has 0 atom stereocenters. The second-order valence-electron chi connectivity index (χ2n) is 10.1. The molecule has 0 aliphatic carbocycles. The molecule has 2 aliphatic heterocycles. The van der Waals surface area contributed by atoms with E-state index in [-0.39, 0.29) is 6.92 Å². The molecule has 2 nitrogen and oxygen atoms in total. The van der Waals surface area contributed by atoms with Crippen LogP contribution in [-0.4, -0.2) is 6.92 Å². The van der Waals surface area contributed by atoms with Crippen LogP contribution in [-0.2, 0) is 0 Å². The van der Waals surface area contributed by atoms with Gasteiger partial charge in [-0.2, -0.15) is 0 Å². The van der Waals surface area contributed by atoms with Gasteiger partial charge >= 0.3 is 6.92 Å². The highest BCUT2D eigenvalue weighted by Gasteiger charge is 2.42. The molecule has 0 aromatic heterocycles. The smallest absolute Gasteiger partial charge is 0.431 e. The molecule has 0 N–H and O–H groups in total. The zero-order valence-electron chi connectivity index (χ0n) is 21.3. The highest BCUT2D eigenvalue weighted by Crippen LogP contribution is 2.43. The molecule has 0 bridgehead atoms. The minimum absolute atomic E-state index is 0.176. The van der Waals surface area contributed by atoms with Crippen molar-refractivity contribution in [2.24, 2.45) is 0 Å². The van der Waals surface area contributed by atoms with E-state index in [4.69, 9.17) is 4.65 Å². The third-order valence-corrected chi connectivity index (χ3v) is 7.90. The van der Waals surface area contributed by atoms with Crippen molar-refractivity contribution in [3.05, 3.63) is 146 Å². The number of para-hydroxylation sites is 1. The fourth-order valence-electron chi connectivity index (χ4n) is 6.08. The van der Waals surface area contributed by atoms with E-state index in [1.54, 1.807) is 0 Å². The predicted octanol–water partition coefficient (Wildman–Crippen LogP) is 7.97. The van der Waals surface area contributed by atoms with Gasteiger partial charge in [0.05, 0.1) is 0 Å². The number of hydrogen-bond donors (Lipinski definition) is 0. The van der Waals surface area contributed by atoms with Crippen LogP contribution >= 0.6 is 0 Å². The van der Waals surface area contributed by atoms with E-state index < -0.39 is 0 Å². The molecule has 6 aromatic carbocycles. The molecule has 6 aromatic rings. The van der Waals surface area contributed by atoms with Crippen molar-refractivity contribution in [3.63, 3.8) is 0 Å². The minimum atomic E-state index is -0.176. The van der Waals surface area contributed by atoms with Crippen LogP contribution in [0, 0.1) is 0 Å². The SMILES string of the molecule is c1ccc(-c2ccc(N3c4ccc(-c5ccccc5)cc4B4Oc5ccccc5-c5cccc3c54)cc2)cc1. The number of benzene rings is 6. The van der Waals surface area contributed by atoms with Crippen LogP contribution in [0.1, 0.15) is 0 Å². The average Bonchev–Trinajstić information content (AvgIpc) is 3.02. The summed E-state index contributed by atoms with van der Waals surface area (Å²) in [5, 5.41) is 0. The molecule has 8 rings (SSSR count). The second kappa shape index (κ2) is 8.78. The molecule has 0 saturated heterocycles. The largest absolute Gasteiger partial charge is 0.551 e. The number of rotatable bonds is 3. The van der Waals surface area contributed by atoms with Crippen LogP contribution in [0.4, 0.5) is 17.1 Å². The monoisotopic (exact) mass is 497 g/mol. The van der Waals surface area contributed by atoms with Gasteiger partial charge in [0.25, 0.3) is 0 Å². The van der Waals surface area contributed by atoms with Gasteiger partial charge in [-0.25, -0.2) is 0 Å². The van der Waals surface area contributed by atoms with Crippen molar-refractivity contribution in [2.45, 2.75) is 0 Å². The Morgan fingerprint density at radius 2 is 1.08 bits per heavy atom. The first-order valence-corrected chi connectivity index (χ1v) is 13.4. The van der Waals surface area contributed by atoms with Crippen LogP contribution in [0.2, 0.25) is 0 Å². The molecule has 2 aliphatic rings. The Balaban J connectivity index is 1.34. The molecule has 2 heterocycles. The summed E-state index contributed by atoms with van der Waals surface area (Å²) in [6, 6.07) is 51.8. The van der Waals surface area contributed by atoms with Gasteiger partial charge in [0.2, 0.25) is 0 Å². The van der Waals surface area contributed by atoms with Crippen LogP contribution in [0.15, 0.2) is 146 Å². The molecule has 0 spiro atoms. The Labute approximate surface area is 228 Å². The van der Waals surface area contributed by atoms with Crippen molar-refractivity contribution in [1.82, 2.24) is 0 Å². The third kappa shape index (κ3) is 3.51. The third-order valence-electron chi connectivity index (χ3n) is 7.90. The molecule has 0 amide bonds. The fourth-order valence-corrected chi connectivity index (χ4v) is 6.08. The van der Waals surface area contributed by atoms with Gasteiger partial charge in [-0.3, -0.25) is 0 Å². The van der Waals surface area contributed by atoms with Gasteiger partial charge in [-0.05, 0) is 63.6 Å². The Hall–Kier alpha value is -5.02. The average molecular weight is 497 g/mol. The summed E-state index contributed by atoms with van der Waals surface area (Å²) in [4.78, 5) is 2.39. The number of nitrogens with zero attached hydrogens (tertiary/aromatic N) is 1. The van der Waals surface area contributed by atoms with Crippen molar-refractivity contribution >= 4 is 34.9 Å². The van der Waals surface area contributed by atoms with Gasteiger partial charge < -0.3 is 9.55 Å². The van der Waals surface area contributed by atoms with Gasteiger partial charge in [0, 0.05) is 28.1 Å². The predicted molar refractivity (Wildman–Crippen MR) is 163 cm³/mol. The summed E-state index contributed by atoms with van der Waals surface area (Å²) in [6.07, 6.45) is 0. The highest BCUT2D eigenvalue weighted by molar-refractivity contribution is 6.85. The van der Waals surface area contributed by atoms with E-state index in [1.807, 2.05) is 0 Å². The van der Waals surface area contributed by atoms with Crippen molar-refractivity contribution in [2.75, 3.05) is 4.90 Å². The molecule has 182 valence electrons. The zero-order valence-corrected chi connectivity index (χ0v) is 21.3. The van der Waals surface area contributed by atoms with Gasteiger partial charge in [0.15, 0.2) is 0 Å². The van der Waals surface area contributed by atoms with Gasteiger partial charge in [-0.1, -0.05) is 115 Å². The molecule has 3 heteroatoms. The zero-order chi connectivity index (χ0) is 25.8. The quantitative estimate of drug-likeness (QED) is 0.230. The molecular weight excluding hydrogens is 473 g/mol. The van der Waals surface area contributed by atoms with E-state index in [9.17, 15) is 0 Å². The first-order valence-electron chi connectivity index (χ1n) is 13.4. The number of hydrogen-bond acceptors (Lipinski definition) is 2. The molecule has 0 fully saturated rings. The summed E-state index contributed by atoms with van der Waals surface area (Å²) in [5.74, 6) is 0.934. The van der Waals surface area contributed by atoms with Crippen molar-refractivity contribution < 1.29 is 4.65 Å². The van der Waals surface area contributed by atoms with E-state index in [2.05, 4.69) is 150 Å². The maximum atomic E-state index is 6.79. The molecular formula is C36H24BNO. The standard InChI is InChI=1S/C36H24BNO/c1-3-10-25(11-4-1)27-18-21-29(22-19-27)38-33-23-20-28(26-12-5-2-6-13-26)24-32(33)37-36-31(15-9-16-34(36)38)30-14-7-8-17-35(30)39-37/h1-24H. The number of fused-ring (bicyclic) bond motifs is 4. The Morgan fingerprint density at radius 1 is 0.462 bits per heavy atom. The van der Waals surface area contributed by atoms with E-state index in [1.165, 1.54) is 44.4 Å². The van der Waals surface area contributed by atoms with Crippen LogP contribution < -0.4 is 20.5 Å². The summed E-state index contributed by atoms with van der Waals surface area (Å²) in [5.41, 5.74) is 13.1. The summed E-state index contributed by atoms with van der Waals surface area (Å²) in [7, 11) is 0. The summed E-state index contributed by atoms with van der Waals surface area (Å²) in [6.45, 7) is -0.176. The van der Waals surface area contributed by atoms with E-state index >= 15 is 0 Å². The topological polar surface area (TPSA) is 12.5 Å². The first-order chi connectivity index (χ1) is 19.3. The number of anilines is 3. The Morgan fingerprint density at radius 3 is 1.85 bits per heavy atom. The molecule has 39 heavy (non-hydrogen) atoms. The van der Waals surface area contributed by atoms with E-state index in [0.717, 1.165) is 22.7 Å². The Bertz CT molecular complexity index is 1830. The van der Waals surface area contributed by atoms with Gasteiger partial charge in [0.1, 0.15) is 5.75 Å². The van der Waals surface area contributed by atoms with Gasteiger partial charge in [-0.15, -0.1) is 0 Å². The van der Waals surface area contributed by atoms with Crippen molar-refractivity contribution in [1.29, 1.82) is 0 Å². The minimum Gasteiger partial charge on any atom is -0.551 e. The highest BCUT2D eigenvalue weighted by atomic mass is 16.4. The van der Waals surface area contributed by atoms with Crippen LogP contribution in [0.25, 0.3) is 33.4 Å². The molecule has 0 unspecified atom stereocenters. The first kappa shape index (κ1) is 22.0. The van der Waals surface area contributed by atoms with Crippen molar-refractivity contribution in [3.8, 4) is 39.1 Å². The maximum Gasteiger partial charge on any atom is 0.431 e. The molecule has 0 saturated carbocycles. The lowest BCUT2D eigenvalue weighted by atomic mass is 9.49. The summed E-state index contributed by atoms with van der Waals surface area (Å²) >= 11 is 0.